The predicted molar refractivity (Wildman–Crippen MR) is 89.1 cm³/mol. The summed E-state index contributed by atoms with van der Waals surface area (Å²) in [4.78, 5) is 23.3. The van der Waals surface area contributed by atoms with Gasteiger partial charge in [-0.3, -0.25) is 4.79 Å². The van der Waals surface area contributed by atoms with Crippen LogP contribution < -0.4 is 16.0 Å². The van der Waals surface area contributed by atoms with Gasteiger partial charge >= 0.3 is 6.03 Å². The lowest BCUT2D eigenvalue weighted by Gasteiger charge is -2.16. The average molecular weight is 322 g/mol. The summed E-state index contributed by atoms with van der Waals surface area (Å²) < 4.78 is 0. The minimum atomic E-state index is -0.456. The third kappa shape index (κ3) is 4.97. The summed E-state index contributed by atoms with van der Waals surface area (Å²) in [5.41, 5.74) is 2.58. The van der Waals surface area contributed by atoms with Crippen molar-refractivity contribution in [1.29, 1.82) is 0 Å². The highest BCUT2D eigenvalue weighted by molar-refractivity contribution is 6.32. The molecule has 0 spiro atoms. The van der Waals surface area contributed by atoms with Gasteiger partial charge in [0.2, 0.25) is 5.91 Å². The maximum Gasteiger partial charge on any atom is 0.319 e. The van der Waals surface area contributed by atoms with Gasteiger partial charge in [-0.1, -0.05) is 37.4 Å². The van der Waals surface area contributed by atoms with Gasteiger partial charge < -0.3 is 16.0 Å². The second kappa shape index (κ2) is 8.96. The molecule has 5 nitrogen and oxygen atoms in total. The SMILES string of the molecule is C#CCNC(=O)CNC(=O)Nc1c(CC)ccc(Cl)c1CC. The van der Waals surface area contributed by atoms with Gasteiger partial charge in [0.15, 0.2) is 0 Å². The number of carbonyl (C=O) groups is 2. The highest BCUT2D eigenvalue weighted by atomic mass is 35.5. The van der Waals surface area contributed by atoms with Crippen LogP contribution in [0.2, 0.25) is 5.02 Å². The lowest BCUT2D eigenvalue weighted by molar-refractivity contribution is -0.119. The number of anilines is 1. The molecule has 3 N–H and O–H groups in total. The van der Waals surface area contributed by atoms with Gasteiger partial charge in [0.1, 0.15) is 0 Å². The fraction of sp³-hybridized carbons (Fsp3) is 0.375. The summed E-state index contributed by atoms with van der Waals surface area (Å²) in [6.45, 7) is 3.96. The molecule has 0 aliphatic rings. The van der Waals surface area contributed by atoms with Crippen molar-refractivity contribution in [2.75, 3.05) is 18.4 Å². The molecule has 0 bridgehead atoms. The molecule has 0 heterocycles. The van der Waals surface area contributed by atoms with Crippen LogP contribution in [-0.4, -0.2) is 25.0 Å². The molecule has 3 amide bonds. The van der Waals surface area contributed by atoms with Gasteiger partial charge in [0.05, 0.1) is 18.8 Å². The van der Waals surface area contributed by atoms with Gasteiger partial charge in [0, 0.05) is 5.02 Å². The summed E-state index contributed by atoms with van der Waals surface area (Å²) in [5.74, 6) is 1.95. The summed E-state index contributed by atoms with van der Waals surface area (Å²) in [7, 11) is 0. The van der Waals surface area contributed by atoms with Crippen molar-refractivity contribution in [3.8, 4) is 12.3 Å². The van der Waals surface area contributed by atoms with Crippen LogP contribution in [0.3, 0.4) is 0 Å². The zero-order chi connectivity index (χ0) is 16.5. The third-order valence-electron chi connectivity index (χ3n) is 3.11. The van der Waals surface area contributed by atoms with E-state index < -0.39 is 6.03 Å². The van der Waals surface area contributed by atoms with E-state index in [4.69, 9.17) is 18.0 Å². The van der Waals surface area contributed by atoms with Crippen molar-refractivity contribution in [3.05, 3.63) is 28.3 Å². The van der Waals surface area contributed by atoms with Crippen molar-refractivity contribution in [2.45, 2.75) is 26.7 Å². The molecule has 0 saturated carbocycles. The molecule has 6 heteroatoms. The Morgan fingerprint density at radius 1 is 1.23 bits per heavy atom. The van der Waals surface area contributed by atoms with Crippen LogP contribution in [0, 0.1) is 12.3 Å². The molecule has 0 aliphatic heterocycles. The van der Waals surface area contributed by atoms with Crippen LogP contribution in [0.25, 0.3) is 0 Å². The summed E-state index contributed by atoms with van der Waals surface area (Å²) in [6, 6.07) is 3.26. The summed E-state index contributed by atoms with van der Waals surface area (Å²) >= 11 is 6.17. The van der Waals surface area contributed by atoms with E-state index in [2.05, 4.69) is 21.9 Å². The number of nitrogens with one attached hydrogen (secondary N) is 3. The zero-order valence-corrected chi connectivity index (χ0v) is 13.5. The zero-order valence-electron chi connectivity index (χ0n) is 12.8. The van der Waals surface area contributed by atoms with Gasteiger partial charge in [-0.25, -0.2) is 4.79 Å². The minimum absolute atomic E-state index is 0.135. The van der Waals surface area contributed by atoms with Crippen molar-refractivity contribution in [3.63, 3.8) is 0 Å². The predicted octanol–water partition coefficient (Wildman–Crippen LogP) is 2.34. The Labute approximate surface area is 135 Å². The quantitative estimate of drug-likeness (QED) is 0.704. The molecule has 0 radical (unpaired) electrons. The number of urea groups is 1. The highest BCUT2D eigenvalue weighted by Crippen LogP contribution is 2.29. The molecule has 0 aromatic heterocycles. The Kier molecular flexibility index (Phi) is 7.27. The molecule has 1 aromatic carbocycles. The number of hydrogen-bond donors (Lipinski definition) is 3. The smallest absolute Gasteiger partial charge is 0.319 e. The first-order valence-electron chi connectivity index (χ1n) is 7.08. The second-order valence-electron chi connectivity index (χ2n) is 4.56. The highest BCUT2D eigenvalue weighted by Gasteiger charge is 2.13. The molecular weight excluding hydrogens is 302 g/mol. The van der Waals surface area contributed by atoms with Crippen molar-refractivity contribution in [1.82, 2.24) is 10.6 Å². The first-order chi connectivity index (χ1) is 10.5. The first kappa shape index (κ1) is 17.9. The van der Waals surface area contributed by atoms with Crippen LogP contribution in [-0.2, 0) is 17.6 Å². The van der Waals surface area contributed by atoms with Gasteiger partial charge in [-0.15, -0.1) is 6.42 Å². The third-order valence-corrected chi connectivity index (χ3v) is 3.47. The van der Waals surface area contributed by atoms with Crippen LogP contribution >= 0.6 is 11.6 Å². The van der Waals surface area contributed by atoms with E-state index in [0.29, 0.717) is 17.1 Å². The molecule has 0 fully saturated rings. The molecule has 1 aromatic rings. The largest absolute Gasteiger partial charge is 0.344 e. The van der Waals surface area contributed by atoms with Crippen molar-refractivity contribution < 1.29 is 9.59 Å². The van der Waals surface area contributed by atoms with Crippen LogP contribution in [0.1, 0.15) is 25.0 Å². The molecule has 0 atom stereocenters. The van der Waals surface area contributed by atoms with E-state index in [1.807, 2.05) is 26.0 Å². The number of terminal acetylenes is 1. The fourth-order valence-electron chi connectivity index (χ4n) is 2.00. The number of aryl methyl sites for hydroxylation is 1. The number of benzene rings is 1. The lowest BCUT2D eigenvalue weighted by atomic mass is 10.0. The fourth-order valence-corrected chi connectivity index (χ4v) is 2.29. The summed E-state index contributed by atoms with van der Waals surface area (Å²) in [5, 5.41) is 8.35. The Hall–Kier alpha value is -2.19. The van der Waals surface area contributed by atoms with Crippen LogP contribution in [0.5, 0.6) is 0 Å². The second-order valence-corrected chi connectivity index (χ2v) is 4.96. The Morgan fingerprint density at radius 2 is 1.95 bits per heavy atom. The van der Waals surface area contributed by atoms with Crippen LogP contribution in [0.15, 0.2) is 12.1 Å². The molecule has 0 saturated heterocycles. The molecule has 22 heavy (non-hydrogen) atoms. The number of halogens is 1. The molecular formula is C16H20ClN3O2. The Morgan fingerprint density at radius 3 is 2.55 bits per heavy atom. The monoisotopic (exact) mass is 321 g/mol. The number of rotatable bonds is 6. The van der Waals surface area contributed by atoms with Gasteiger partial charge in [0.25, 0.3) is 0 Å². The van der Waals surface area contributed by atoms with E-state index in [-0.39, 0.29) is 19.0 Å². The van der Waals surface area contributed by atoms with E-state index >= 15 is 0 Å². The number of amides is 3. The Balaban J connectivity index is 2.74. The van der Waals surface area contributed by atoms with E-state index in [9.17, 15) is 9.59 Å². The van der Waals surface area contributed by atoms with Gasteiger partial charge in [-0.05, 0) is 30.0 Å². The minimum Gasteiger partial charge on any atom is -0.344 e. The topological polar surface area (TPSA) is 70.2 Å². The molecule has 0 aliphatic carbocycles. The van der Waals surface area contributed by atoms with Gasteiger partial charge in [-0.2, -0.15) is 0 Å². The van der Waals surface area contributed by atoms with E-state index in [1.54, 1.807) is 0 Å². The normalized spacial score (nSPS) is 9.73. The number of hydrogen-bond acceptors (Lipinski definition) is 2. The molecule has 118 valence electrons. The Bertz CT molecular complexity index is 594. The molecule has 0 unspecified atom stereocenters. The maximum atomic E-state index is 12.0. The van der Waals surface area contributed by atoms with Crippen molar-refractivity contribution >= 4 is 29.2 Å². The number of carbonyl (C=O) groups excluding carboxylic acids is 2. The van der Waals surface area contributed by atoms with Crippen LogP contribution in [0.4, 0.5) is 10.5 Å². The maximum absolute atomic E-state index is 12.0. The average Bonchev–Trinajstić information content (AvgIpc) is 2.51. The van der Waals surface area contributed by atoms with E-state index in [1.165, 1.54) is 0 Å². The van der Waals surface area contributed by atoms with Crippen molar-refractivity contribution in [2.24, 2.45) is 0 Å². The standard InChI is InChI=1S/C16H20ClN3O2/c1-4-9-18-14(21)10-19-16(22)20-15-11(5-2)7-8-13(17)12(15)6-3/h1,7-8H,5-6,9-10H2,2-3H3,(H,18,21)(H2,19,20,22). The first-order valence-corrected chi connectivity index (χ1v) is 7.46. The van der Waals surface area contributed by atoms with E-state index in [0.717, 1.165) is 17.5 Å². The summed E-state index contributed by atoms with van der Waals surface area (Å²) in [6.07, 6.45) is 6.50. The molecule has 1 rings (SSSR count). The lowest BCUT2D eigenvalue weighted by Crippen LogP contribution is -2.39.